The first-order valence-corrected chi connectivity index (χ1v) is 9.87. The summed E-state index contributed by atoms with van der Waals surface area (Å²) >= 11 is 0. The summed E-state index contributed by atoms with van der Waals surface area (Å²) < 4.78 is 59.8. The van der Waals surface area contributed by atoms with E-state index in [1.165, 1.54) is 0 Å². The second kappa shape index (κ2) is 12.2. The molecule has 1 aliphatic rings. The molecule has 0 aromatic heterocycles. The van der Waals surface area contributed by atoms with E-state index >= 15 is 0 Å². The van der Waals surface area contributed by atoms with Crippen LogP contribution in [-0.2, 0) is 20.2 Å². The summed E-state index contributed by atoms with van der Waals surface area (Å²) in [5.74, 6) is -1.44. The third-order valence-corrected chi connectivity index (χ3v) is 4.82. The third kappa shape index (κ3) is 13.8. The number of nitrogens with zero attached hydrogens (tertiary/aromatic N) is 2. The molecule has 10 nitrogen and oxygen atoms in total. The Labute approximate surface area is 186 Å². The van der Waals surface area contributed by atoms with Crippen LogP contribution in [0.1, 0.15) is 0 Å². The SMILES string of the molecule is O=S(=O)(O)CC(O)CN1CCN(CC(O)CS(=O)(=O)O)CC1.[Na].[Na]. The van der Waals surface area contributed by atoms with Crippen molar-refractivity contribution in [3.05, 3.63) is 0 Å². The minimum absolute atomic E-state index is 0. The average Bonchev–Trinajstić information content (AvgIpc) is 2.26. The van der Waals surface area contributed by atoms with Crippen LogP contribution in [0.15, 0.2) is 0 Å². The van der Waals surface area contributed by atoms with Gasteiger partial charge < -0.3 is 10.2 Å². The molecule has 0 aromatic carbocycles. The molecule has 4 N–H and O–H groups in total. The van der Waals surface area contributed by atoms with Gasteiger partial charge in [-0.2, -0.15) is 16.8 Å². The Hall–Kier alpha value is 1.66. The summed E-state index contributed by atoms with van der Waals surface area (Å²) in [5.41, 5.74) is 0. The predicted octanol–water partition coefficient (Wildman–Crippen LogP) is -3.66. The van der Waals surface area contributed by atoms with Crippen molar-refractivity contribution in [2.45, 2.75) is 12.2 Å². The van der Waals surface area contributed by atoms with Crippen LogP contribution in [0.3, 0.4) is 0 Å². The average molecular weight is 408 g/mol. The summed E-state index contributed by atoms with van der Waals surface area (Å²) in [4.78, 5) is 3.61. The molecule has 1 saturated heterocycles. The molecule has 1 fully saturated rings. The van der Waals surface area contributed by atoms with Crippen LogP contribution < -0.4 is 0 Å². The Bertz CT molecular complexity index is 501. The third-order valence-electron chi connectivity index (χ3n) is 3.21. The van der Waals surface area contributed by atoms with E-state index in [-0.39, 0.29) is 72.2 Å². The molecule has 1 aliphatic heterocycles. The van der Waals surface area contributed by atoms with Gasteiger partial charge in [-0.1, -0.05) is 0 Å². The van der Waals surface area contributed by atoms with Crippen LogP contribution in [0.25, 0.3) is 0 Å². The Kier molecular flexibility index (Phi) is 14.2. The van der Waals surface area contributed by atoms with Crippen molar-refractivity contribution in [2.75, 3.05) is 50.8 Å². The molecule has 2 atom stereocenters. The minimum Gasteiger partial charge on any atom is -0.391 e. The molecule has 0 aliphatic carbocycles. The molecule has 0 bridgehead atoms. The molecule has 2 radical (unpaired) electrons. The quantitative estimate of drug-likeness (QED) is 0.233. The van der Waals surface area contributed by atoms with Crippen molar-refractivity contribution < 1.29 is 36.2 Å². The first-order valence-electron chi connectivity index (χ1n) is 6.66. The Morgan fingerprint density at radius 1 is 0.708 bits per heavy atom. The molecule has 134 valence electrons. The maximum absolute atomic E-state index is 10.6. The van der Waals surface area contributed by atoms with Crippen LogP contribution in [0.2, 0.25) is 0 Å². The van der Waals surface area contributed by atoms with Crippen molar-refractivity contribution in [1.82, 2.24) is 9.80 Å². The Morgan fingerprint density at radius 3 is 1.17 bits per heavy atom. The van der Waals surface area contributed by atoms with Gasteiger partial charge in [-0.05, 0) is 0 Å². The van der Waals surface area contributed by atoms with E-state index in [2.05, 4.69) is 0 Å². The van der Waals surface area contributed by atoms with Crippen molar-refractivity contribution in [2.24, 2.45) is 0 Å². The Morgan fingerprint density at radius 2 is 0.958 bits per heavy atom. The molecular formula is C10H22N2Na2O8S2. The van der Waals surface area contributed by atoms with E-state index in [1.54, 1.807) is 0 Å². The van der Waals surface area contributed by atoms with E-state index in [0.717, 1.165) is 0 Å². The predicted molar refractivity (Wildman–Crippen MR) is 89.2 cm³/mol. The maximum Gasteiger partial charge on any atom is 0.267 e. The molecule has 0 spiro atoms. The first-order chi connectivity index (χ1) is 9.94. The number of hydrogen-bond acceptors (Lipinski definition) is 8. The molecule has 0 saturated carbocycles. The zero-order chi connectivity index (χ0) is 17.0. The van der Waals surface area contributed by atoms with Gasteiger partial charge >= 0.3 is 0 Å². The van der Waals surface area contributed by atoms with E-state index < -0.39 is 43.9 Å². The summed E-state index contributed by atoms with van der Waals surface area (Å²) in [6.07, 6.45) is -2.38. The minimum atomic E-state index is -4.22. The number of piperazine rings is 1. The number of aliphatic hydroxyl groups is 2. The van der Waals surface area contributed by atoms with Gasteiger partial charge in [0.05, 0.1) is 12.2 Å². The molecule has 24 heavy (non-hydrogen) atoms. The number of rotatable bonds is 8. The summed E-state index contributed by atoms with van der Waals surface area (Å²) in [5, 5.41) is 19.1. The van der Waals surface area contributed by atoms with Gasteiger partial charge in [-0.25, -0.2) is 0 Å². The fraction of sp³-hybridized carbons (Fsp3) is 1.00. The number of β-amino-alcohol motifs (C(OH)–C–C–N with tert-alkyl or cyclic N) is 2. The first kappa shape index (κ1) is 27.9. The summed E-state index contributed by atoms with van der Waals surface area (Å²) in [6.45, 7) is 2.20. The van der Waals surface area contributed by atoms with Crippen molar-refractivity contribution in [3.8, 4) is 0 Å². The van der Waals surface area contributed by atoms with E-state index in [0.29, 0.717) is 26.2 Å². The second-order valence-corrected chi connectivity index (χ2v) is 8.40. The smallest absolute Gasteiger partial charge is 0.267 e. The summed E-state index contributed by atoms with van der Waals surface area (Å²) in [7, 11) is -8.44. The fourth-order valence-corrected chi connectivity index (χ4v) is 3.53. The monoisotopic (exact) mass is 408 g/mol. The van der Waals surface area contributed by atoms with Crippen molar-refractivity contribution in [3.63, 3.8) is 0 Å². The van der Waals surface area contributed by atoms with Gasteiger partial charge in [0.15, 0.2) is 0 Å². The zero-order valence-corrected chi connectivity index (χ0v) is 19.6. The van der Waals surface area contributed by atoms with Crippen LogP contribution in [-0.4, -0.2) is 168 Å². The maximum atomic E-state index is 10.6. The van der Waals surface area contributed by atoms with Gasteiger partial charge in [0, 0.05) is 98.4 Å². The summed E-state index contributed by atoms with van der Waals surface area (Å²) in [6, 6.07) is 0. The van der Waals surface area contributed by atoms with Crippen molar-refractivity contribution >= 4 is 79.4 Å². The molecule has 1 heterocycles. The van der Waals surface area contributed by atoms with Gasteiger partial charge in [-0.15, -0.1) is 0 Å². The van der Waals surface area contributed by atoms with Gasteiger partial charge in [0.2, 0.25) is 0 Å². The molecule has 0 amide bonds. The normalized spacial score (nSPS) is 19.8. The fourth-order valence-electron chi connectivity index (χ4n) is 2.34. The van der Waals surface area contributed by atoms with Gasteiger partial charge in [0.1, 0.15) is 11.5 Å². The van der Waals surface area contributed by atoms with Crippen LogP contribution >= 0.6 is 0 Å². The van der Waals surface area contributed by atoms with Crippen LogP contribution in [0.4, 0.5) is 0 Å². The molecule has 2 unspecified atom stereocenters. The van der Waals surface area contributed by atoms with E-state index in [1.807, 2.05) is 9.80 Å². The van der Waals surface area contributed by atoms with Crippen molar-refractivity contribution in [1.29, 1.82) is 0 Å². The van der Waals surface area contributed by atoms with Crippen LogP contribution in [0.5, 0.6) is 0 Å². The number of aliphatic hydroxyl groups excluding tert-OH is 2. The van der Waals surface area contributed by atoms with E-state index in [4.69, 9.17) is 9.11 Å². The zero-order valence-electron chi connectivity index (χ0n) is 13.9. The molecular weight excluding hydrogens is 386 g/mol. The van der Waals surface area contributed by atoms with Gasteiger partial charge in [0.25, 0.3) is 20.2 Å². The molecule has 0 aromatic rings. The molecule has 1 rings (SSSR count). The topological polar surface area (TPSA) is 156 Å². The standard InChI is InChI=1S/C10H22N2O8S2.2Na/c13-9(7-21(15,16)17)5-11-1-2-12(4-3-11)6-10(14)8-22(18,19)20;;/h9-10,13-14H,1-8H2,(H,15,16,17)(H,18,19,20);;. The second-order valence-electron chi connectivity index (χ2n) is 5.41. The molecule has 14 heteroatoms. The number of hydrogen-bond donors (Lipinski definition) is 4. The van der Waals surface area contributed by atoms with E-state index in [9.17, 15) is 27.0 Å². The van der Waals surface area contributed by atoms with Gasteiger partial charge in [-0.3, -0.25) is 18.9 Å². The van der Waals surface area contributed by atoms with Crippen LogP contribution in [0, 0.1) is 0 Å². The Balaban J connectivity index is 0. The largest absolute Gasteiger partial charge is 0.391 e.